The van der Waals surface area contributed by atoms with E-state index in [0.717, 1.165) is 310 Å². The van der Waals surface area contributed by atoms with Crippen LogP contribution in [0.4, 0.5) is 23.3 Å². The lowest BCUT2D eigenvalue weighted by molar-refractivity contribution is -0.121. The number of pyridine rings is 4. The third kappa shape index (κ3) is 31.1. The number of nitrogen functional groups attached to an aromatic ring is 4. The number of hydrogen-bond donors (Lipinski definition) is 14. The molecular weight excluding hydrogens is 1840 g/mol. The lowest BCUT2D eigenvalue weighted by Crippen LogP contribution is -2.34. The van der Waals surface area contributed by atoms with Crippen LogP contribution in [0.15, 0.2) is 194 Å². The van der Waals surface area contributed by atoms with E-state index in [-0.39, 0.29) is 11.8 Å². The average molecular weight is 2010 g/mol. The van der Waals surface area contributed by atoms with Gasteiger partial charge in [-0.2, -0.15) is 0 Å². The Hall–Kier alpha value is -13.0. The SMILES string of the molecule is CCCCCN(CCCCN)Cc1ccc(Cn2c(CCCC)nc3c(NN)nc4ccccc4c32)cc1.CCCCCNC(=O)CCN(CCC(=O)NCCCCN)Cc1ccc(Cn2c(CCCC)nc3c(NN)nc4ccccc4c32)cc1.CCCCCNCc1ccc(Cn2c(CCCC)nc3c(NN)nc4ccccc4c32)cc1.CCCCc1nc2c(NN)nc3ccccc3c2n1Cc1ccc(CNC)cc1. The van der Waals surface area contributed by atoms with Gasteiger partial charge in [-0.05, 0) is 179 Å². The van der Waals surface area contributed by atoms with Gasteiger partial charge in [0.1, 0.15) is 45.4 Å². The van der Waals surface area contributed by atoms with Crippen LogP contribution >= 0.6 is 0 Å². The normalized spacial score (nSPS) is 11.5. The first-order valence-electron chi connectivity index (χ1n) is 54.7. The summed E-state index contributed by atoms with van der Waals surface area (Å²) in [5.74, 6) is 30.2. The van der Waals surface area contributed by atoms with E-state index in [1.165, 1.54) is 71.9 Å². The number of anilines is 4. The molecule has 0 atom stereocenters. The fourth-order valence-electron chi connectivity index (χ4n) is 19.3. The first-order valence-corrected chi connectivity index (χ1v) is 54.7. The second-order valence-corrected chi connectivity index (χ2v) is 39.0. The van der Waals surface area contributed by atoms with E-state index in [0.29, 0.717) is 81.9 Å². The lowest BCUT2D eigenvalue weighted by atomic mass is 10.1. The van der Waals surface area contributed by atoms with Crippen molar-refractivity contribution in [3.05, 3.63) is 262 Å². The van der Waals surface area contributed by atoms with Crippen molar-refractivity contribution in [1.29, 1.82) is 0 Å². The number of fused-ring (bicyclic) bond motifs is 12. The molecule has 30 heteroatoms. The summed E-state index contributed by atoms with van der Waals surface area (Å²) >= 11 is 0. The number of aromatic nitrogens is 12. The maximum absolute atomic E-state index is 12.6. The van der Waals surface area contributed by atoms with Crippen LogP contribution in [0.5, 0.6) is 0 Å². The standard InChI is InChI=1S/C37H55N9O2.C31H45N7.C27H36N6.C23H28N6/c1-3-5-10-22-40-33(47)19-24-45(25-20-34(48)41-23-11-9-21-38)26-28-15-17-29(18-16-28)27-46-32(14-6-4-2)43-35-36(46)30-12-7-8-13-31(30)42-37(35)44-39;1-3-5-10-20-37(21-11-9-19-32)22-24-15-17-25(18-16-24)23-38-28(14-6-4-2)35-29-30(38)26-12-7-8-13-27(26)34-31(29)36-33;1-3-5-9-17-29-18-20-13-15-21(16-14-20)19-33-24(12-6-4-2)31-25-26(33)22-10-7-8-11-23(22)30-27(25)32-28;1-3-4-9-20-27-21-22(18-7-5-6-8-19(18)26-23(21)28-24)29(20)15-17-12-10-16(11-13-17)14-25-2/h7-8,12-13,15-18H,3-6,9-11,14,19-27,38-39H2,1-2H3,(H,40,47)(H,41,48)(H,42,44);7-8,12-13,15-18H,3-6,9-11,14,19-23,32-33H2,1-2H3,(H,34,36);7-8,10-11,13-16,29H,3-6,9,12,17-19,28H2,1-2H3,(H,30,32);5-8,10-13,25H,3-4,9,14-15,24H2,1-2H3,(H,26,28). The number of carbonyl (C=O) groups excluding carboxylic acids is 2. The van der Waals surface area contributed by atoms with Crippen LogP contribution in [0.2, 0.25) is 0 Å². The van der Waals surface area contributed by atoms with Crippen LogP contribution in [-0.4, -0.2) is 146 Å². The molecule has 148 heavy (non-hydrogen) atoms. The number of carbonyl (C=O) groups is 2. The molecule has 0 aliphatic heterocycles. The van der Waals surface area contributed by atoms with Gasteiger partial charge in [0.05, 0.1) is 44.1 Å². The number of amides is 2. The molecule has 0 aliphatic carbocycles. The fraction of sp³-hybridized carbons (Fsp3) is 0.441. The van der Waals surface area contributed by atoms with E-state index in [4.69, 9.17) is 69.7 Å². The monoisotopic (exact) mass is 2010 g/mol. The predicted octanol–water partition coefficient (Wildman–Crippen LogP) is 20.5. The predicted molar refractivity (Wildman–Crippen MR) is 613 cm³/mol. The molecule has 0 saturated heterocycles. The highest BCUT2D eigenvalue weighted by Gasteiger charge is 2.26. The van der Waals surface area contributed by atoms with Gasteiger partial charge in [0.25, 0.3) is 0 Å². The smallest absolute Gasteiger partial charge is 0.221 e. The largest absolute Gasteiger partial charge is 0.356 e. The average Bonchev–Trinajstić information content (AvgIpc) is 1.61. The number of unbranched alkanes of at least 4 members (excludes halogenated alkanes) is 12. The van der Waals surface area contributed by atoms with E-state index in [1.807, 2.05) is 61.6 Å². The first kappa shape index (κ1) is 112. The molecule has 8 aromatic carbocycles. The Morgan fingerprint density at radius 3 is 0.858 bits per heavy atom. The zero-order chi connectivity index (χ0) is 104. The minimum atomic E-state index is 0.0264. The molecule has 0 radical (unpaired) electrons. The number of hydrogen-bond acceptors (Lipinski definition) is 24. The van der Waals surface area contributed by atoms with Crippen molar-refractivity contribution in [2.75, 3.05) is 87.7 Å². The lowest BCUT2D eigenvalue weighted by Gasteiger charge is -2.22. The Morgan fingerprint density at radius 1 is 0.291 bits per heavy atom. The molecule has 20 N–H and O–H groups in total. The molecule has 788 valence electrons. The topological polar surface area (TPSA) is 416 Å². The van der Waals surface area contributed by atoms with Crippen LogP contribution < -0.4 is 77.8 Å². The van der Waals surface area contributed by atoms with Gasteiger partial charge >= 0.3 is 0 Å². The summed E-state index contributed by atoms with van der Waals surface area (Å²) in [5, 5.41) is 17.1. The minimum Gasteiger partial charge on any atom is -0.356 e. The summed E-state index contributed by atoms with van der Waals surface area (Å²) in [4.78, 5) is 68.8. The summed E-state index contributed by atoms with van der Waals surface area (Å²) in [7, 11) is 1.97. The Labute approximate surface area is 875 Å². The summed E-state index contributed by atoms with van der Waals surface area (Å²) in [6.07, 6.45) is 28.1. The summed E-state index contributed by atoms with van der Waals surface area (Å²) < 4.78 is 9.37. The van der Waals surface area contributed by atoms with Gasteiger partial charge in [-0.25, -0.2) is 63.2 Å². The van der Waals surface area contributed by atoms with E-state index < -0.39 is 0 Å². The van der Waals surface area contributed by atoms with Crippen LogP contribution in [0.25, 0.3) is 87.7 Å². The second kappa shape index (κ2) is 59.9. The van der Waals surface area contributed by atoms with E-state index in [1.54, 1.807) is 0 Å². The van der Waals surface area contributed by atoms with Crippen LogP contribution in [0.3, 0.4) is 0 Å². The zero-order valence-electron chi connectivity index (χ0n) is 89.1. The number of benzene rings is 8. The number of imidazole rings is 4. The zero-order valence-corrected chi connectivity index (χ0v) is 89.1. The molecule has 8 aromatic heterocycles. The van der Waals surface area contributed by atoms with Crippen molar-refractivity contribution in [2.45, 2.75) is 274 Å². The highest BCUT2D eigenvalue weighted by Crippen LogP contribution is 2.37. The summed E-state index contributed by atoms with van der Waals surface area (Å²) in [5.41, 5.74) is 43.7. The van der Waals surface area contributed by atoms with Gasteiger partial charge in [-0.15, -0.1) is 0 Å². The third-order valence-electron chi connectivity index (χ3n) is 27.5. The van der Waals surface area contributed by atoms with Gasteiger partial charge in [0.15, 0.2) is 23.3 Å². The second-order valence-electron chi connectivity index (χ2n) is 39.0. The Kier molecular flexibility index (Phi) is 45.4. The minimum absolute atomic E-state index is 0.0264. The molecule has 16 rings (SSSR count). The number of rotatable bonds is 58. The van der Waals surface area contributed by atoms with Crippen LogP contribution in [0.1, 0.15) is 264 Å². The molecule has 0 unspecified atom stereocenters. The van der Waals surface area contributed by atoms with E-state index in [9.17, 15) is 9.59 Å². The van der Waals surface area contributed by atoms with Gasteiger partial charge in [0.2, 0.25) is 11.8 Å². The number of nitrogens with two attached hydrogens (primary N) is 6. The number of nitrogens with zero attached hydrogens (tertiary/aromatic N) is 14. The maximum Gasteiger partial charge on any atom is 0.221 e. The van der Waals surface area contributed by atoms with E-state index in [2.05, 4.69) is 264 Å². The molecule has 0 aliphatic rings. The Bertz CT molecular complexity index is 6730. The van der Waals surface area contributed by atoms with Crippen molar-refractivity contribution in [3.63, 3.8) is 0 Å². The van der Waals surface area contributed by atoms with Crippen molar-refractivity contribution < 1.29 is 9.59 Å². The highest BCUT2D eigenvalue weighted by atomic mass is 16.2. The van der Waals surface area contributed by atoms with Gasteiger partial charge < -0.3 is 72.7 Å². The van der Waals surface area contributed by atoms with Gasteiger partial charge in [-0.1, -0.05) is 283 Å². The molecule has 0 spiro atoms. The van der Waals surface area contributed by atoms with Crippen molar-refractivity contribution in [2.24, 2.45) is 34.8 Å². The number of para-hydroxylation sites is 4. The van der Waals surface area contributed by atoms with Crippen molar-refractivity contribution >= 4 is 123 Å². The molecule has 0 saturated carbocycles. The van der Waals surface area contributed by atoms with Crippen LogP contribution in [-0.2, 0) is 87.6 Å². The van der Waals surface area contributed by atoms with E-state index >= 15 is 0 Å². The summed E-state index contributed by atoms with van der Waals surface area (Å²) in [6.45, 7) is 29.2. The molecule has 2 amide bonds. The number of aryl methyl sites for hydroxylation is 4. The van der Waals surface area contributed by atoms with Crippen molar-refractivity contribution in [1.82, 2.24) is 89.2 Å². The Morgan fingerprint density at radius 2 is 0.554 bits per heavy atom. The molecule has 0 bridgehead atoms. The molecular formula is C118H164N28O2. The molecule has 8 heterocycles. The quantitative estimate of drug-likeness (QED) is 0.00956. The third-order valence-corrected chi connectivity index (χ3v) is 27.5. The number of hydrazine groups is 4. The summed E-state index contributed by atoms with van der Waals surface area (Å²) in [6, 6.07) is 68.3. The van der Waals surface area contributed by atoms with Crippen LogP contribution in [0, 0.1) is 0 Å². The van der Waals surface area contributed by atoms with Gasteiger partial charge in [-0.3, -0.25) is 19.4 Å². The Balaban J connectivity index is 0.000000167. The van der Waals surface area contributed by atoms with Gasteiger partial charge in [0, 0.05) is 139 Å². The maximum atomic E-state index is 12.6. The molecule has 30 nitrogen and oxygen atoms in total. The van der Waals surface area contributed by atoms with Crippen molar-refractivity contribution in [3.8, 4) is 0 Å². The number of nitrogens with one attached hydrogen (secondary N) is 8. The highest BCUT2D eigenvalue weighted by molar-refractivity contribution is 6.10. The molecule has 16 aromatic rings. The first-order chi connectivity index (χ1) is 72.6. The molecule has 0 fully saturated rings. The fourth-order valence-corrected chi connectivity index (χ4v) is 19.3.